The molecular weight excluding hydrogens is 330 g/mol. The van der Waals surface area contributed by atoms with Crippen LogP contribution >= 0.6 is 11.8 Å². The van der Waals surface area contributed by atoms with Gasteiger partial charge in [-0.25, -0.2) is 9.88 Å². The smallest absolute Gasteiger partial charge is 0.212 e. The standard InChI is InChI=1S/C15H13N5O3S/c21-12-4-2-1-3-11(12)14-18-19-13(16-17-15(19)24-14)9-5-7-10(8-6-9)20(22)23/h1-8,14,18,20-22H. The van der Waals surface area contributed by atoms with E-state index in [0.717, 1.165) is 11.1 Å². The first-order chi connectivity index (χ1) is 11.6. The van der Waals surface area contributed by atoms with E-state index in [0.29, 0.717) is 11.0 Å². The van der Waals surface area contributed by atoms with Gasteiger partial charge >= 0.3 is 0 Å². The van der Waals surface area contributed by atoms with Crippen LogP contribution in [-0.4, -0.2) is 25.2 Å². The monoisotopic (exact) mass is 343 g/mol. The Morgan fingerprint density at radius 1 is 1.12 bits per heavy atom. The highest BCUT2D eigenvalue weighted by atomic mass is 32.2. The average molecular weight is 343 g/mol. The van der Waals surface area contributed by atoms with Crippen LogP contribution < -0.4 is 10.7 Å². The van der Waals surface area contributed by atoms with E-state index in [1.807, 2.05) is 12.1 Å². The van der Waals surface area contributed by atoms with Crippen molar-refractivity contribution in [3.63, 3.8) is 0 Å². The first-order valence-corrected chi connectivity index (χ1v) is 8.01. The van der Waals surface area contributed by atoms with Crippen molar-refractivity contribution in [3.05, 3.63) is 59.3 Å². The zero-order chi connectivity index (χ0) is 16.7. The Morgan fingerprint density at radius 2 is 1.88 bits per heavy atom. The maximum Gasteiger partial charge on any atom is 0.212 e. The molecule has 0 saturated heterocycles. The molecule has 122 valence electrons. The van der Waals surface area contributed by atoms with Crippen molar-refractivity contribution < 1.29 is 15.5 Å². The molecule has 0 spiro atoms. The second-order valence-corrected chi connectivity index (χ2v) is 6.28. The summed E-state index contributed by atoms with van der Waals surface area (Å²) in [7, 11) is 0. The highest BCUT2D eigenvalue weighted by Crippen LogP contribution is 2.42. The fourth-order valence-corrected chi connectivity index (χ4v) is 3.53. The molecule has 2 unspecified atom stereocenters. The number of nitrogens with one attached hydrogen (secondary N) is 2. The zero-order valence-electron chi connectivity index (χ0n) is 12.2. The molecule has 2 aromatic carbocycles. The van der Waals surface area contributed by atoms with E-state index < -0.39 is 5.23 Å². The molecule has 1 aromatic heterocycles. The van der Waals surface area contributed by atoms with Crippen LogP contribution in [0.2, 0.25) is 0 Å². The highest BCUT2D eigenvalue weighted by Gasteiger charge is 2.29. The molecule has 0 amide bonds. The first-order valence-electron chi connectivity index (χ1n) is 7.14. The molecule has 1 aliphatic heterocycles. The number of phenolic OH excluding ortho intramolecular Hbond substituents is 1. The summed E-state index contributed by atoms with van der Waals surface area (Å²) < 4.78 is 1.75. The molecule has 0 fully saturated rings. The quantitative estimate of drug-likeness (QED) is 0.532. The summed E-state index contributed by atoms with van der Waals surface area (Å²) in [5.41, 5.74) is 4.99. The normalized spacial score (nSPS) is 17.3. The van der Waals surface area contributed by atoms with Crippen molar-refractivity contribution in [2.75, 3.05) is 5.43 Å². The maximum absolute atomic E-state index is 10.9. The summed E-state index contributed by atoms with van der Waals surface area (Å²) in [6.07, 6.45) is 0. The van der Waals surface area contributed by atoms with E-state index in [-0.39, 0.29) is 16.8 Å². The third-order valence-corrected chi connectivity index (χ3v) is 4.78. The van der Waals surface area contributed by atoms with Crippen LogP contribution in [-0.2, 0) is 0 Å². The number of benzene rings is 2. The van der Waals surface area contributed by atoms with E-state index in [2.05, 4.69) is 15.6 Å². The number of aromatic nitrogens is 3. The fourth-order valence-electron chi connectivity index (χ4n) is 2.50. The van der Waals surface area contributed by atoms with Crippen LogP contribution in [0.4, 0.5) is 5.69 Å². The summed E-state index contributed by atoms with van der Waals surface area (Å²) >= 11 is 1.45. The molecule has 3 aromatic rings. The summed E-state index contributed by atoms with van der Waals surface area (Å²) in [6, 6.07) is 13.6. The van der Waals surface area contributed by atoms with Gasteiger partial charge in [-0.3, -0.25) is 0 Å². The van der Waals surface area contributed by atoms with Gasteiger partial charge in [-0.2, -0.15) is 5.23 Å². The Hall–Kier alpha value is -2.59. The predicted molar refractivity (Wildman–Crippen MR) is 87.3 cm³/mol. The molecule has 0 bridgehead atoms. The van der Waals surface area contributed by atoms with Crippen LogP contribution in [0.3, 0.4) is 0 Å². The lowest BCUT2D eigenvalue weighted by Crippen LogP contribution is -2.99. The molecule has 0 aliphatic carbocycles. The van der Waals surface area contributed by atoms with Crippen LogP contribution in [0.15, 0.2) is 53.7 Å². The van der Waals surface area contributed by atoms with E-state index in [1.54, 1.807) is 28.9 Å². The van der Waals surface area contributed by atoms with Gasteiger partial charge in [0, 0.05) is 23.3 Å². The van der Waals surface area contributed by atoms with Gasteiger partial charge in [0.05, 0.1) is 0 Å². The van der Waals surface area contributed by atoms with Crippen LogP contribution in [0, 0.1) is 5.21 Å². The van der Waals surface area contributed by atoms with Crippen LogP contribution in [0.5, 0.6) is 5.75 Å². The van der Waals surface area contributed by atoms with E-state index in [9.17, 15) is 10.3 Å². The molecule has 9 heteroatoms. The Morgan fingerprint density at radius 3 is 2.58 bits per heavy atom. The molecule has 4 N–H and O–H groups in total. The molecule has 1 aliphatic rings. The predicted octanol–water partition coefficient (Wildman–Crippen LogP) is 1.40. The fraction of sp³-hybridized carbons (Fsp3) is 0.0667. The third kappa shape index (κ3) is 2.49. The van der Waals surface area contributed by atoms with Gasteiger partial charge in [0.15, 0.2) is 11.5 Å². The average Bonchev–Trinajstić information content (AvgIpc) is 3.16. The highest BCUT2D eigenvalue weighted by molar-refractivity contribution is 7.99. The molecule has 2 atom stereocenters. The number of hydrogen-bond acceptors (Lipinski definition) is 7. The van der Waals surface area contributed by atoms with Gasteiger partial charge in [-0.1, -0.05) is 30.0 Å². The number of nitrogens with zero attached hydrogens (tertiary/aromatic N) is 3. The van der Waals surface area contributed by atoms with Gasteiger partial charge in [0.2, 0.25) is 5.16 Å². The van der Waals surface area contributed by atoms with Crippen molar-refractivity contribution in [2.24, 2.45) is 0 Å². The Bertz CT molecular complexity index is 881. The van der Waals surface area contributed by atoms with E-state index in [4.69, 9.17) is 5.21 Å². The SMILES string of the molecule is [O-][NH+](O)c1ccc(-c2nnc3n2NC(c2ccccc2O)S3)cc1. The first kappa shape index (κ1) is 15.0. The van der Waals surface area contributed by atoms with Gasteiger partial charge in [0.1, 0.15) is 11.1 Å². The Kier molecular flexibility index (Phi) is 3.62. The molecule has 0 saturated carbocycles. The van der Waals surface area contributed by atoms with Crippen LogP contribution in [0.25, 0.3) is 11.4 Å². The van der Waals surface area contributed by atoms with Crippen molar-refractivity contribution in [1.82, 2.24) is 14.9 Å². The lowest BCUT2D eigenvalue weighted by Gasteiger charge is -2.14. The number of aromatic hydroxyl groups is 1. The largest absolute Gasteiger partial charge is 0.595 e. The third-order valence-electron chi connectivity index (χ3n) is 3.71. The van der Waals surface area contributed by atoms with Gasteiger partial charge in [0.25, 0.3) is 0 Å². The van der Waals surface area contributed by atoms with E-state index in [1.165, 1.54) is 23.9 Å². The lowest BCUT2D eigenvalue weighted by atomic mass is 10.2. The van der Waals surface area contributed by atoms with Crippen molar-refractivity contribution in [3.8, 4) is 17.1 Å². The number of para-hydroxylation sites is 1. The molecule has 0 radical (unpaired) electrons. The van der Waals surface area contributed by atoms with Gasteiger partial charge in [-0.05, 0) is 18.2 Å². The number of thioether (sulfide) groups is 1. The number of hydrogen-bond donors (Lipinski definition) is 4. The molecule has 24 heavy (non-hydrogen) atoms. The number of quaternary nitrogens is 1. The topological polar surface area (TPSA) is 111 Å². The summed E-state index contributed by atoms with van der Waals surface area (Å²) in [4.78, 5) is 0. The summed E-state index contributed by atoms with van der Waals surface area (Å²) in [5.74, 6) is 0.806. The van der Waals surface area contributed by atoms with Crippen molar-refractivity contribution in [1.29, 1.82) is 0 Å². The second-order valence-electron chi connectivity index (χ2n) is 5.21. The van der Waals surface area contributed by atoms with Gasteiger partial charge < -0.3 is 15.7 Å². The summed E-state index contributed by atoms with van der Waals surface area (Å²) in [6.45, 7) is 0. The molecule has 4 rings (SSSR count). The van der Waals surface area contributed by atoms with Crippen molar-refractivity contribution >= 4 is 17.4 Å². The molecular formula is C15H13N5O3S. The van der Waals surface area contributed by atoms with Gasteiger partial charge in [-0.15, -0.1) is 10.2 Å². The van der Waals surface area contributed by atoms with Crippen LogP contribution in [0.1, 0.15) is 10.9 Å². The minimum absolute atomic E-state index is 0.172. The lowest BCUT2D eigenvalue weighted by molar-refractivity contribution is -0.991. The Balaban J connectivity index is 1.64. The van der Waals surface area contributed by atoms with Crippen molar-refractivity contribution in [2.45, 2.75) is 10.5 Å². The number of rotatable bonds is 3. The zero-order valence-corrected chi connectivity index (χ0v) is 13.1. The minimum atomic E-state index is -0.971. The maximum atomic E-state index is 10.9. The summed E-state index contributed by atoms with van der Waals surface area (Å²) in [5, 5.41) is 37.8. The number of phenols is 1. The molecule has 2 heterocycles. The number of fused-ring (bicyclic) bond motifs is 1. The Labute approximate surface area is 140 Å². The minimum Gasteiger partial charge on any atom is -0.595 e. The molecule has 8 nitrogen and oxygen atoms in total. The second kappa shape index (κ2) is 5.80. The van der Waals surface area contributed by atoms with E-state index >= 15 is 0 Å².